The van der Waals surface area contributed by atoms with Gasteiger partial charge in [-0.2, -0.15) is 0 Å². The van der Waals surface area contributed by atoms with E-state index in [0.29, 0.717) is 19.4 Å². The van der Waals surface area contributed by atoms with Crippen molar-refractivity contribution in [1.29, 1.82) is 0 Å². The van der Waals surface area contributed by atoms with E-state index in [1.54, 1.807) is 0 Å². The summed E-state index contributed by atoms with van der Waals surface area (Å²) in [5.74, 6) is 0. The third kappa shape index (κ3) is 4.79. The molecule has 2 aromatic carbocycles. The molecule has 0 amide bonds. The number of hydrogen-bond acceptors (Lipinski definition) is 3. The Labute approximate surface area is 140 Å². The van der Waals surface area contributed by atoms with Crippen molar-refractivity contribution < 1.29 is 13.6 Å². The largest absolute Gasteiger partial charge is 0.335 e. The lowest BCUT2D eigenvalue weighted by Gasteiger charge is -2.17. The smallest absolute Gasteiger partial charge is 0.309 e. The predicted octanol–water partition coefficient (Wildman–Crippen LogP) is 5.88. The molecule has 5 heteroatoms. The molecule has 0 atom stereocenters. The van der Waals surface area contributed by atoms with Gasteiger partial charge in [0.15, 0.2) is 0 Å². The summed E-state index contributed by atoms with van der Waals surface area (Å²) >= 11 is 3.43. The van der Waals surface area contributed by atoms with Crippen LogP contribution in [0.2, 0.25) is 0 Å². The van der Waals surface area contributed by atoms with Gasteiger partial charge in [0, 0.05) is 4.47 Å². The molecule has 0 aliphatic carbocycles. The van der Waals surface area contributed by atoms with E-state index in [2.05, 4.69) is 28.1 Å². The van der Waals surface area contributed by atoms with E-state index in [1.807, 2.05) is 50.2 Å². The minimum absolute atomic E-state index is 0.301. The molecule has 2 rings (SSSR count). The van der Waals surface area contributed by atoms with Crippen molar-refractivity contribution in [2.45, 2.75) is 20.0 Å². The van der Waals surface area contributed by atoms with Crippen LogP contribution in [0.3, 0.4) is 0 Å². The fourth-order valence-corrected chi connectivity index (χ4v) is 4.16. The van der Waals surface area contributed by atoms with Gasteiger partial charge in [-0.15, -0.1) is 0 Å². The first kappa shape index (κ1) is 17.4. The molecule has 0 saturated carbocycles. The van der Waals surface area contributed by atoms with Crippen molar-refractivity contribution >= 4 is 23.5 Å². The van der Waals surface area contributed by atoms with Crippen LogP contribution in [0, 0.1) is 0 Å². The first-order valence-corrected chi connectivity index (χ1v) is 9.81. The van der Waals surface area contributed by atoms with Crippen LogP contribution < -0.4 is 0 Å². The maximum Gasteiger partial charge on any atom is 0.335 e. The van der Waals surface area contributed by atoms with Crippen LogP contribution in [0.1, 0.15) is 19.4 Å². The SMILES string of the molecule is CCOP(=O)(Cc1ccc(-c2ccc(Br)cc2)cc1)OCC. The fraction of sp³-hybridized carbons (Fsp3) is 0.294. The molecule has 0 N–H and O–H groups in total. The summed E-state index contributed by atoms with van der Waals surface area (Å²) in [5.41, 5.74) is 3.22. The van der Waals surface area contributed by atoms with Gasteiger partial charge in [-0.25, -0.2) is 0 Å². The zero-order valence-corrected chi connectivity index (χ0v) is 15.3. The molecule has 0 saturated heterocycles. The van der Waals surface area contributed by atoms with Crippen LogP contribution in [-0.2, 0) is 19.8 Å². The normalized spacial score (nSPS) is 11.6. The maximum atomic E-state index is 12.5. The third-order valence-corrected chi connectivity index (χ3v) is 5.74. The summed E-state index contributed by atoms with van der Waals surface area (Å²) in [7, 11) is -3.04. The average molecular weight is 383 g/mol. The van der Waals surface area contributed by atoms with E-state index in [4.69, 9.17) is 9.05 Å². The van der Waals surface area contributed by atoms with Gasteiger partial charge in [-0.05, 0) is 42.7 Å². The Morgan fingerprint density at radius 1 is 0.864 bits per heavy atom. The molecule has 0 radical (unpaired) electrons. The highest BCUT2D eigenvalue weighted by Crippen LogP contribution is 2.51. The Hall–Kier alpha value is -0.930. The van der Waals surface area contributed by atoms with Crippen LogP contribution in [-0.4, -0.2) is 13.2 Å². The molecule has 22 heavy (non-hydrogen) atoms. The van der Waals surface area contributed by atoms with Crippen molar-refractivity contribution in [3.05, 3.63) is 58.6 Å². The second kappa shape index (κ2) is 8.07. The Morgan fingerprint density at radius 3 is 1.77 bits per heavy atom. The van der Waals surface area contributed by atoms with Crippen molar-refractivity contribution in [3.63, 3.8) is 0 Å². The molecular formula is C17H20BrO3P. The lowest BCUT2D eigenvalue weighted by atomic mass is 10.0. The predicted molar refractivity (Wildman–Crippen MR) is 94.1 cm³/mol. The molecule has 0 bridgehead atoms. The van der Waals surface area contributed by atoms with Crippen molar-refractivity contribution in [2.75, 3.05) is 13.2 Å². The van der Waals surface area contributed by atoms with Crippen LogP contribution in [0.5, 0.6) is 0 Å². The molecule has 118 valence electrons. The molecule has 0 aliphatic heterocycles. The molecule has 0 unspecified atom stereocenters. The van der Waals surface area contributed by atoms with Crippen LogP contribution in [0.15, 0.2) is 53.0 Å². The number of halogens is 1. The molecule has 2 aromatic rings. The van der Waals surface area contributed by atoms with Crippen molar-refractivity contribution in [2.24, 2.45) is 0 Å². The standard InChI is InChI=1S/C17H20BrO3P/c1-3-20-22(19,21-4-2)13-14-5-7-15(8-6-14)16-9-11-17(18)12-10-16/h5-12H,3-4,13H2,1-2H3. The van der Waals surface area contributed by atoms with Crippen LogP contribution in [0.25, 0.3) is 11.1 Å². The molecule has 0 fully saturated rings. The molecule has 0 heterocycles. The van der Waals surface area contributed by atoms with Gasteiger partial charge in [0.2, 0.25) is 0 Å². The maximum absolute atomic E-state index is 12.5. The summed E-state index contributed by atoms with van der Waals surface area (Å²) < 4.78 is 24.2. The first-order valence-electron chi connectivity index (χ1n) is 7.29. The summed E-state index contributed by atoms with van der Waals surface area (Å²) in [5, 5.41) is 0. The van der Waals surface area contributed by atoms with Gasteiger partial charge in [0.05, 0.1) is 19.4 Å². The monoisotopic (exact) mass is 382 g/mol. The Bertz CT molecular complexity index is 628. The quantitative estimate of drug-likeness (QED) is 0.560. The molecular weight excluding hydrogens is 363 g/mol. The van der Waals surface area contributed by atoms with Gasteiger partial charge in [-0.1, -0.05) is 52.3 Å². The van der Waals surface area contributed by atoms with Crippen LogP contribution >= 0.6 is 23.5 Å². The average Bonchev–Trinajstić information content (AvgIpc) is 2.49. The van der Waals surface area contributed by atoms with E-state index < -0.39 is 7.60 Å². The summed E-state index contributed by atoms with van der Waals surface area (Å²) in [6.07, 6.45) is 0.301. The van der Waals surface area contributed by atoms with Gasteiger partial charge >= 0.3 is 7.60 Å². The van der Waals surface area contributed by atoms with E-state index >= 15 is 0 Å². The van der Waals surface area contributed by atoms with Gasteiger partial charge in [0.1, 0.15) is 0 Å². The van der Waals surface area contributed by atoms with E-state index in [0.717, 1.165) is 21.2 Å². The molecule has 3 nitrogen and oxygen atoms in total. The van der Waals surface area contributed by atoms with Gasteiger partial charge in [-0.3, -0.25) is 4.57 Å². The van der Waals surface area contributed by atoms with Gasteiger partial charge < -0.3 is 9.05 Å². The summed E-state index contributed by atoms with van der Waals surface area (Å²) in [6, 6.07) is 16.2. The topological polar surface area (TPSA) is 35.5 Å². The highest BCUT2D eigenvalue weighted by Gasteiger charge is 2.23. The lowest BCUT2D eigenvalue weighted by Crippen LogP contribution is -1.99. The van der Waals surface area contributed by atoms with E-state index in [1.165, 1.54) is 0 Å². The molecule has 0 spiro atoms. The fourth-order valence-electron chi connectivity index (χ4n) is 2.19. The number of hydrogen-bond donors (Lipinski definition) is 0. The summed E-state index contributed by atoms with van der Waals surface area (Å²) in [4.78, 5) is 0. The molecule has 0 aromatic heterocycles. The van der Waals surface area contributed by atoms with E-state index in [-0.39, 0.29) is 0 Å². The van der Waals surface area contributed by atoms with E-state index in [9.17, 15) is 4.57 Å². The van der Waals surface area contributed by atoms with Crippen molar-refractivity contribution in [1.82, 2.24) is 0 Å². The third-order valence-electron chi connectivity index (χ3n) is 3.16. The zero-order chi connectivity index (χ0) is 16.0. The molecule has 0 aliphatic rings. The minimum atomic E-state index is -3.04. The van der Waals surface area contributed by atoms with Crippen LogP contribution in [0.4, 0.5) is 0 Å². The highest BCUT2D eigenvalue weighted by molar-refractivity contribution is 9.10. The van der Waals surface area contributed by atoms with Crippen molar-refractivity contribution in [3.8, 4) is 11.1 Å². The second-order valence-electron chi connectivity index (χ2n) is 4.81. The number of benzene rings is 2. The highest BCUT2D eigenvalue weighted by atomic mass is 79.9. The number of rotatable bonds is 7. The first-order chi connectivity index (χ1) is 10.6. The Balaban J connectivity index is 2.14. The second-order valence-corrected chi connectivity index (χ2v) is 7.78. The summed E-state index contributed by atoms with van der Waals surface area (Å²) in [6.45, 7) is 4.41. The zero-order valence-electron chi connectivity index (χ0n) is 12.8. The lowest BCUT2D eigenvalue weighted by molar-refractivity contribution is 0.219. The minimum Gasteiger partial charge on any atom is -0.309 e. The Kier molecular flexibility index (Phi) is 6.39. The van der Waals surface area contributed by atoms with Gasteiger partial charge in [0.25, 0.3) is 0 Å². The Morgan fingerprint density at radius 2 is 1.32 bits per heavy atom.